The van der Waals surface area contributed by atoms with Crippen LogP contribution < -0.4 is 20.1 Å². The predicted molar refractivity (Wildman–Crippen MR) is 128 cm³/mol. The topological polar surface area (TPSA) is 92.7 Å². The number of nitrogens with one attached hydrogen (secondary N) is 2. The molecule has 0 spiro atoms. The molecule has 0 bridgehead atoms. The van der Waals surface area contributed by atoms with Crippen LogP contribution in [-0.4, -0.2) is 30.3 Å². The molecule has 1 aliphatic carbocycles. The van der Waals surface area contributed by atoms with E-state index in [1.54, 1.807) is 12.1 Å². The smallest absolute Gasteiger partial charge is 0.319 e. The number of rotatable bonds is 6. The highest BCUT2D eigenvalue weighted by Gasteiger charge is 2.26. The van der Waals surface area contributed by atoms with Gasteiger partial charge in [0.2, 0.25) is 11.7 Å². The number of hydrogen-bond acceptors (Lipinski definition) is 5. The molecule has 0 radical (unpaired) electrons. The summed E-state index contributed by atoms with van der Waals surface area (Å²) < 4.78 is 24.5. The number of phenolic OH excluding ortho intramolecular Hbond substituents is 1. The fraction of sp³-hybridized carbons (Fsp3) is 0.154. The van der Waals surface area contributed by atoms with E-state index in [0.29, 0.717) is 34.5 Å². The van der Waals surface area contributed by atoms with Crippen LogP contribution in [0.25, 0.3) is 17.3 Å². The third-order valence-electron chi connectivity index (χ3n) is 5.56. The normalized spacial score (nSPS) is 13.6. The summed E-state index contributed by atoms with van der Waals surface area (Å²) >= 11 is 0. The van der Waals surface area contributed by atoms with Gasteiger partial charge in [-0.2, -0.15) is 4.39 Å². The number of halogens is 1. The summed E-state index contributed by atoms with van der Waals surface area (Å²) in [7, 11) is 2.89. The highest BCUT2D eigenvalue weighted by molar-refractivity contribution is 6.07. The molecule has 7 nitrogen and oxygen atoms in total. The molecular formula is C26H24FN3O4. The average Bonchev–Trinajstić information content (AvgIpc) is 3.09. The lowest BCUT2D eigenvalue weighted by Crippen LogP contribution is -2.34. The predicted octanol–water partition coefficient (Wildman–Crippen LogP) is 4.73. The molecular weight excluding hydrogens is 437 g/mol. The van der Waals surface area contributed by atoms with Crippen LogP contribution in [0.15, 0.2) is 60.3 Å². The second kappa shape index (κ2) is 9.66. The van der Waals surface area contributed by atoms with Gasteiger partial charge >= 0.3 is 6.03 Å². The Morgan fingerprint density at radius 2 is 1.76 bits per heavy atom. The number of pyridine rings is 1. The molecule has 0 fully saturated rings. The number of fused-ring (bicyclic) bond motifs is 1. The summed E-state index contributed by atoms with van der Waals surface area (Å²) in [5.41, 5.74) is 4.81. The molecule has 4 rings (SSSR count). The van der Waals surface area contributed by atoms with E-state index in [1.807, 2.05) is 43.3 Å². The SMILES string of the molecule is COc1cc(/C=C2/C(C)=C(NC(=O)NCc3ccccc3)c3cnc(F)cc32)cc(OC)c1O. The molecule has 3 aromatic rings. The first-order valence-electron chi connectivity index (χ1n) is 10.5. The Balaban J connectivity index is 1.68. The third kappa shape index (κ3) is 4.56. The van der Waals surface area contributed by atoms with Crippen LogP contribution >= 0.6 is 0 Å². The van der Waals surface area contributed by atoms with Gasteiger partial charge in [-0.1, -0.05) is 30.3 Å². The zero-order chi connectivity index (χ0) is 24.2. The van der Waals surface area contributed by atoms with Crippen molar-refractivity contribution in [3.05, 3.63) is 88.5 Å². The van der Waals surface area contributed by atoms with Gasteiger partial charge in [0.05, 0.1) is 19.9 Å². The number of benzene rings is 2. The number of amides is 2. The number of urea groups is 1. The average molecular weight is 461 g/mol. The Morgan fingerprint density at radius 1 is 1.09 bits per heavy atom. The second-order valence-electron chi connectivity index (χ2n) is 7.68. The van der Waals surface area contributed by atoms with Crippen molar-refractivity contribution in [2.75, 3.05) is 14.2 Å². The van der Waals surface area contributed by atoms with E-state index in [2.05, 4.69) is 15.6 Å². The molecule has 34 heavy (non-hydrogen) atoms. The zero-order valence-corrected chi connectivity index (χ0v) is 19.0. The Bertz CT molecular complexity index is 1280. The number of carbonyl (C=O) groups excluding carboxylic acids is 1. The molecule has 0 unspecified atom stereocenters. The number of carbonyl (C=O) groups is 1. The van der Waals surface area contributed by atoms with Crippen LogP contribution in [0.2, 0.25) is 0 Å². The van der Waals surface area contributed by atoms with Gasteiger partial charge in [0, 0.05) is 24.4 Å². The van der Waals surface area contributed by atoms with E-state index in [-0.39, 0.29) is 23.3 Å². The number of phenols is 1. The maximum atomic E-state index is 14.1. The van der Waals surface area contributed by atoms with Crippen molar-refractivity contribution >= 4 is 23.4 Å². The van der Waals surface area contributed by atoms with Gasteiger partial charge in [-0.25, -0.2) is 9.78 Å². The van der Waals surface area contributed by atoms with Crippen molar-refractivity contribution in [1.29, 1.82) is 0 Å². The van der Waals surface area contributed by atoms with Gasteiger partial charge in [-0.15, -0.1) is 0 Å². The largest absolute Gasteiger partial charge is 0.502 e. The van der Waals surface area contributed by atoms with Crippen molar-refractivity contribution in [2.24, 2.45) is 0 Å². The molecule has 174 valence electrons. The summed E-state index contributed by atoms with van der Waals surface area (Å²) in [5, 5.41) is 15.9. The van der Waals surface area contributed by atoms with Crippen LogP contribution in [0, 0.1) is 5.95 Å². The van der Waals surface area contributed by atoms with E-state index < -0.39 is 5.95 Å². The lowest BCUT2D eigenvalue weighted by atomic mass is 10.0. The Morgan fingerprint density at radius 3 is 2.41 bits per heavy atom. The van der Waals surface area contributed by atoms with Gasteiger partial charge < -0.3 is 25.2 Å². The first-order chi connectivity index (χ1) is 16.4. The number of methoxy groups -OCH3 is 2. The highest BCUT2D eigenvalue weighted by Crippen LogP contribution is 2.43. The summed E-state index contributed by atoms with van der Waals surface area (Å²) in [6, 6.07) is 13.8. The molecule has 1 aliphatic rings. The van der Waals surface area contributed by atoms with E-state index in [1.165, 1.54) is 26.5 Å². The molecule has 0 saturated carbocycles. The minimum Gasteiger partial charge on any atom is -0.502 e. The van der Waals surface area contributed by atoms with Crippen molar-refractivity contribution in [2.45, 2.75) is 13.5 Å². The van der Waals surface area contributed by atoms with Crippen molar-refractivity contribution < 1.29 is 23.8 Å². The van der Waals surface area contributed by atoms with Gasteiger partial charge in [-0.3, -0.25) is 0 Å². The molecule has 0 atom stereocenters. The summed E-state index contributed by atoms with van der Waals surface area (Å²) in [5.74, 6) is -0.261. The molecule has 2 amide bonds. The Hall–Kier alpha value is -4.33. The number of aromatic nitrogens is 1. The van der Waals surface area contributed by atoms with Crippen LogP contribution in [0.4, 0.5) is 9.18 Å². The van der Waals surface area contributed by atoms with E-state index >= 15 is 0 Å². The molecule has 1 aromatic heterocycles. The number of nitrogens with zero attached hydrogens (tertiary/aromatic N) is 1. The van der Waals surface area contributed by atoms with Crippen LogP contribution in [0.1, 0.15) is 29.2 Å². The fourth-order valence-corrected chi connectivity index (χ4v) is 3.84. The minimum atomic E-state index is -0.631. The summed E-state index contributed by atoms with van der Waals surface area (Å²) in [6.45, 7) is 2.20. The zero-order valence-electron chi connectivity index (χ0n) is 19.0. The lowest BCUT2D eigenvalue weighted by Gasteiger charge is -2.11. The summed E-state index contributed by atoms with van der Waals surface area (Å²) in [6.07, 6.45) is 3.22. The standard InChI is InChI=1S/C26H24FN3O4/c1-15-18(9-17-10-21(33-2)25(31)22(11-17)34-3)19-12-23(27)28-14-20(19)24(15)30-26(32)29-13-16-7-5-4-6-8-16/h4-12,14,31H,13H2,1-3H3,(H2,29,30,32)/b18-9-. The van der Waals surface area contributed by atoms with E-state index in [0.717, 1.165) is 11.1 Å². The molecule has 8 heteroatoms. The molecule has 0 aliphatic heterocycles. The Labute approximate surface area is 196 Å². The fourth-order valence-electron chi connectivity index (χ4n) is 3.84. The highest BCUT2D eigenvalue weighted by atomic mass is 19.1. The number of allylic oxidation sites excluding steroid dienone is 2. The van der Waals surface area contributed by atoms with Crippen molar-refractivity contribution in [3.63, 3.8) is 0 Å². The lowest BCUT2D eigenvalue weighted by molar-refractivity contribution is 0.244. The maximum absolute atomic E-state index is 14.1. The monoisotopic (exact) mass is 461 g/mol. The number of hydrogen-bond donors (Lipinski definition) is 3. The van der Waals surface area contributed by atoms with Gasteiger partial charge in [0.1, 0.15) is 0 Å². The van der Waals surface area contributed by atoms with Gasteiger partial charge in [-0.05, 0) is 53.0 Å². The summed E-state index contributed by atoms with van der Waals surface area (Å²) in [4.78, 5) is 16.4. The van der Waals surface area contributed by atoms with Gasteiger partial charge in [0.15, 0.2) is 11.5 Å². The van der Waals surface area contributed by atoms with Crippen molar-refractivity contribution in [3.8, 4) is 17.2 Å². The number of aromatic hydroxyl groups is 1. The molecule has 3 N–H and O–H groups in total. The molecule has 1 heterocycles. The number of ether oxygens (including phenoxy) is 2. The quantitative estimate of drug-likeness (QED) is 0.462. The van der Waals surface area contributed by atoms with Crippen molar-refractivity contribution in [1.82, 2.24) is 15.6 Å². The van der Waals surface area contributed by atoms with Crippen LogP contribution in [0.5, 0.6) is 17.2 Å². The van der Waals surface area contributed by atoms with E-state index in [9.17, 15) is 14.3 Å². The first-order valence-corrected chi connectivity index (χ1v) is 10.5. The molecule has 0 saturated heterocycles. The first kappa shape index (κ1) is 22.8. The second-order valence-corrected chi connectivity index (χ2v) is 7.68. The molecule has 2 aromatic carbocycles. The van der Waals surface area contributed by atoms with Crippen LogP contribution in [0.3, 0.4) is 0 Å². The van der Waals surface area contributed by atoms with Gasteiger partial charge in [0.25, 0.3) is 0 Å². The maximum Gasteiger partial charge on any atom is 0.319 e. The third-order valence-corrected chi connectivity index (χ3v) is 5.56. The Kier molecular flexibility index (Phi) is 6.49. The minimum absolute atomic E-state index is 0.112. The van der Waals surface area contributed by atoms with E-state index in [4.69, 9.17) is 9.47 Å². The van der Waals surface area contributed by atoms with Crippen LogP contribution in [-0.2, 0) is 6.54 Å².